The summed E-state index contributed by atoms with van der Waals surface area (Å²) in [6.07, 6.45) is 3.33. The van der Waals surface area contributed by atoms with Crippen molar-refractivity contribution in [3.63, 3.8) is 0 Å². The molecule has 2 aromatic rings. The third kappa shape index (κ3) is 5.18. The van der Waals surface area contributed by atoms with Crippen LogP contribution in [0, 0.1) is 0 Å². The number of thioether (sulfide) groups is 1. The van der Waals surface area contributed by atoms with Crippen molar-refractivity contribution < 1.29 is 4.79 Å². The van der Waals surface area contributed by atoms with Crippen LogP contribution in [0.15, 0.2) is 53.4 Å². The molecule has 3 nitrogen and oxygen atoms in total. The fourth-order valence-electron chi connectivity index (χ4n) is 3.24. The molecule has 5 heteroatoms. The number of carbonyl (C=O) groups excluding carboxylic acids is 1. The van der Waals surface area contributed by atoms with Gasteiger partial charge in [-0.15, -0.1) is 11.8 Å². The summed E-state index contributed by atoms with van der Waals surface area (Å²) >= 11 is 7.45. The zero-order valence-electron chi connectivity index (χ0n) is 15.1. The van der Waals surface area contributed by atoms with Gasteiger partial charge in [-0.3, -0.25) is 4.79 Å². The molecule has 2 aromatic carbocycles. The minimum absolute atomic E-state index is 0.0870. The molecule has 0 aromatic heterocycles. The zero-order chi connectivity index (χ0) is 18.4. The largest absolute Gasteiger partial charge is 0.371 e. The molecular weight excluding hydrogens is 364 g/mol. The monoisotopic (exact) mass is 388 g/mol. The summed E-state index contributed by atoms with van der Waals surface area (Å²) in [6.45, 7) is 4.74. The fourth-order valence-corrected chi connectivity index (χ4v) is 4.26. The van der Waals surface area contributed by atoms with Crippen molar-refractivity contribution in [1.82, 2.24) is 5.32 Å². The van der Waals surface area contributed by atoms with Gasteiger partial charge in [0.05, 0.1) is 5.25 Å². The van der Waals surface area contributed by atoms with Crippen molar-refractivity contribution in [1.29, 1.82) is 0 Å². The summed E-state index contributed by atoms with van der Waals surface area (Å²) in [6, 6.07) is 16.2. The highest BCUT2D eigenvalue weighted by Gasteiger charge is 2.16. The maximum absolute atomic E-state index is 12.3. The molecule has 0 saturated carbocycles. The summed E-state index contributed by atoms with van der Waals surface area (Å²) in [5.41, 5.74) is 2.80. The van der Waals surface area contributed by atoms with Gasteiger partial charge in [0.15, 0.2) is 0 Å². The van der Waals surface area contributed by atoms with Gasteiger partial charge in [0.2, 0.25) is 5.91 Å². The molecule has 0 fully saturated rings. The first-order valence-electron chi connectivity index (χ1n) is 9.16. The molecule has 1 aliphatic heterocycles. The summed E-state index contributed by atoms with van der Waals surface area (Å²) in [4.78, 5) is 15.8. The summed E-state index contributed by atoms with van der Waals surface area (Å²) < 4.78 is 0. The van der Waals surface area contributed by atoms with Gasteiger partial charge in [-0.2, -0.15) is 0 Å². The number of nitrogens with zero attached hydrogens (tertiary/aromatic N) is 1. The lowest BCUT2D eigenvalue weighted by Gasteiger charge is -2.31. The second-order valence-corrected chi connectivity index (χ2v) is 8.43. The highest BCUT2D eigenvalue weighted by molar-refractivity contribution is 8.00. The highest BCUT2D eigenvalue weighted by atomic mass is 35.5. The molecule has 1 atom stereocenters. The van der Waals surface area contributed by atoms with Crippen molar-refractivity contribution in [3.8, 4) is 0 Å². The Balaban J connectivity index is 1.41. The number of aryl methyl sites for hydroxylation is 1. The second kappa shape index (κ2) is 9.33. The van der Waals surface area contributed by atoms with E-state index in [9.17, 15) is 4.79 Å². The smallest absolute Gasteiger partial charge is 0.233 e. The quantitative estimate of drug-likeness (QED) is 0.547. The van der Waals surface area contributed by atoms with E-state index < -0.39 is 0 Å². The molecule has 1 N–H and O–H groups in total. The van der Waals surface area contributed by atoms with Gasteiger partial charge >= 0.3 is 0 Å². The lowest BCUT2D eigenvalue weighted by Crippen LogP contribution is -2.35. The van der Waals surface area contributed by atoms with Crippen LogP contribution in [0.1, 0.15) is 25.3 Å². The molecule has 1 amide bonds. The van der Waals surface area contributed by atoms with E-state index in [2.05, 4.69) is 34.5 Å². The number of fused-ring (bicyclic) bond motifs is 1. The van der Waals surface area contributed by atoms with Crippen LogP contribution in [0.4, 0.5) is 5.69 Å². The van der Waals surface area contributed by atoms with E-state index in [0.29, 0.717) is 11.6 Å². The minimum Gasteiger partial charge on any atom is -0.371 e. The molecule has 0 spiro atoms. The number of anilines is 1. The molecule has 0 saturated heterocycles. The Morgan fingerprint density at radius 1 is 1.23 bits per heavy atom. The molecule has 0 aliphatic carbocycles. The SMILES string of the molecule is C[C@H](Sc1ccc(Cl)cc1)C(=O)NCCCN1CCCc2ccccc21. The van der Waals surface area contributed by atoms with Crippen molar-refractivity contribution in [2.75, 3.05) is 24.5 Å². The van der Waals surface area contributed by atoms with Gasteiger partial charge in [-0.05, 0) is 62.1 Å². The van der Waals surface area contributed by atoms with Crippen LogP contribution in [0.2, 0.25) is 5.02 Å². The Morgan fingerprint density at radius 2 is 2.00 bits per heavy atom. The van der Waals surface area contributed by atoms with Crippen molar-refractivity contribution >= 4 is 35.0 Å². The van der Waals surface area contributed by atoms with Crippen LogP contribution in [0.3, 0.4) is 0 Å². The second-order valence-electron chi connectivity index (χ2n) is 6.58. The Labute approximate surface area is 165 Å². The number of rotatable bonds is 7. The van der Waals surface area contributed by atoms with E-state index in [1.165, 1.54) is 24.1 Å². The van der Waals surface area contributed by atoms with E-state index in [-0.39, 0.29) is 11.2 Å². The molecule has 3 rings (SSSR count). The molecule has 0 unspecified atom stereocenters. The van der Waals surface area contributed by atoms with Crippen LogP contribution in [0.5, 0.6) is 0 Å². The number of amides is 1. The van der Waals surface area contributed by atoms with Crippen LogP contribution >= 0.6 is 23.4 Å². The van der Waals surface area contributed by atoms with Gasteiger partial charge in [-0.1, -0.05) is 29.8 Å². The maximum Gasteiger partial charge on any atom is 0.233 e. The molecule has 1 aliphatic rings. The zero-order valence-corrected chi connectivity index (χ0v) is 16.7. The first-order valence-corrected chi connectivity index (χ1v) is 10.4. The third-order valence-electron chi connectivity index (χ3n) is 4.61. The number of para-hydroxylation sites is 1. The third-order valence-corrected chi connectivity index (χ3v) is 5.97. The predicted octanol–water partition coefficient (Wildman–Crippen LogP) is 4.78. The molecular formula is C21H25ClN2OS. The van der Waals surface area contributed by atoms with Crippen LogP contribution in [-0.2, 0) is 11.2 Å². The first kappa shape index (κ1) is 19.1. The molecule has 138 valence electrons. The van der Waals surface area contributed by atoms with E-state index in [4.69, 9.17) is 11.6 Å². The average molecular weight is 389 g/mol. The topological polar surface area (TPSA) is 32.3 Å². The van der Waals surface area contributed by atoms with E-state index in [1.54, 1.807) is 11.8 Å². The van der Waals surface area contributed by atoms with Crippen molar-refractivity contribution in [2.45, 2.75) is 36.3 Å². The lowest BCUT2D eigenvalue weighted by atomic mass is 10.0. The van der Waals surface area contributed by atoms with Gasteiger partial charge in [0, 0.05) is 35.2 Å². The number of hydrogen-bond acceptors (Lipinski definition) is 3. The van der Waals surface area contributed by atoms with E-state index >= 15 is 0 Å². The van der Waals surface area contributed by atoms with E-state index in [1.807, 2.05) is 31.2 Å². The Morgan fingerprint density at radius 3 is 2.81 bits per heavy atom. The number of hydrogen-bond donors (Lipinski definition) is 1. The number of nitrogens with one attached hydrogen (secondary N) is 1. The normalized spacial score (nSPS) is 14.6. The van der Waals surface area contributed by atoms with E-state index in [0.717, 1.165) is 24.4 Å². The molecule has 1 heterocycles. The number of halogens is 1. The average Bonchev–Trinajstić information content (AvgIpc) is 2.67. The highest BCUT2D eigenvalue weighted by Crippen LogP contribution is 2.27. The Bertz CT molecular complexity index is 735. The summed E-state index contributed by atoms with van der Waals surface area (Å²) in [5, 5.41) is 3.66. The van der Waals surface area contributed by atoms with Gasteiger partial charge < -0.3 is 10.2 Å². The van der Waals surface area contributed by atoms with Crippen molar-refractivity contribution in [3.05, 3.63) is 59.1 Å². The molecule has 26 heavy (non-hydrogen) atoms. The van der Waals surface area contributed by atoms with Gasteiger partial charge in [-0.25, -0.2) is 0 Å². The standard InChI is InChI=1S/C21H25ClN2OS/c1-16(26-19-11-9-18(22)10-12-19)21(25)23-13-5-15-24-14-4-7-17-6-2-3-8-20(17)24/h2-3,6,8-12,16H,4-5,7,13-15H2,1H3,(H,23,25)/t16-/m0/s1. The van der Waals surface area contributed by atoms with Gasteiger partial charge in [0.25, 0.3) is 0 Å². The molecule has 0 bridgehead atoms. The maximum atomic E-state index is 12.3. The summed E-state index contributed by atoms with van der Waals surface area (Å²) in [7, 11) is 0. The Kier molecular flexibility index (Phi) is 6.86. The summed E-state index contributed by atoms with van der Waals surface area (Å²) in [5.74, 6) is 0.0870. The van der Waals surface area contributed by atoms with Crippen LogP contribution in [0.25, 0.3) is 0 Å². The fraction of sp³-hybridized carbons (Fsp3) is 0.381. The van der Waals surface area contributed by atoms with Crippen molar-refractivity contribution in [2.24, 2.45) is 0 Å². The Hall–Kier alpha value is -1.65. The van der Waals surface area contributed by atoms with Crippen LogP contribution in [-0.4, -0.2) is 30.8 Å². The van der Waals surface area contributed by atoms with Crippen LogP contribution < -0.4 is 10.2 Å². The lowest BCUT2D eigenvalue weighted by molar-refractivity contribution is -0.120. The number of carbonyl (C=O) groups is 1. The van der Waals surface area contributed by atoms with Gasteiger partial charge in [0.1, 0.15) is 0 Å². The molecule has 0 radical (unpaired) electrons. The minimum atomic E-state index is -0.119. The number of benzene rings is 2. The predicted molar refractivity (Wildman–Crippen MR) is 111 cm³/mol. The first-order chi connectivity index (χ1) is 12.6.